The summed E-state index contributed by atoms with van der Waals surface area (Å²) in [5.41, 5.74) is 4.64. The van der Waals surface area contributed by atoms with Crippen LogP contribution in [0.5, 0.6) is 0 Å². The van der Waals surface area contributed by atoms with Crippen LogP contribution < -0.4 is 0 Å². The van der Waals surface area contributed by atoms with Gasteiger partial charge in [-0.05, 0) is 43.2 Å². The van der Waals surface area contributed by atoms with E-state index in [1.807, 2.05) is 0 Å². The molecule has 0 N–H and O–H groups in total. The third kappa shape index (κ3) is 4.29. The second-order valence-corrected chi connectivity index (χ2v) is 7.32. The van der Waals surface area contributed by atoms with Crippen molar-refractivity contribution in [2.24, 2.45) is 5.41 Å². The zero-order valence-corrected chi connectivity index (χ0v) is 12.7. The summed E-state index contributed by atoms with van der Waals surface area (Å²) in [7, 11) is 0. The Labute approximate surface area is 109 Å². The standard InChI is InChI=1S/C15H23Br/c1-11-6-7-12(2)14(8-11)10-15(4,5)9-13(3)16/h6-8,13H,9-10H2,1-5H3. The van der Waals surface area contributed by atoms with E-state index in [4.69, 9.17) is 0 Å². The molecule has 1 aromatic rings. The van der Waals surface area contributed by atoms with Crippen LogP contribution in [0.15, 0.2) is 18.2 Å². The molecule has 16 heavy (non-hydrogen) atoms. The van der Waals surface area contributed by atoms with Crippen molar-refractivity contribution in [2.75, 3.05) is 0 Å². The van der Waals surface area contributed by atoms with E-state index < -0.39 is 0 Å². The Bertz CT molecular complexity index is 350. The van der Waals surface area contributed by atoms with Crippen molar-refractivity contribution >= 4 is 15.9 Å². The quantitative estimate of drug-likeness (QED) is 0.679. The van der Waals surface area contributed by atoms with Gasteiger partial charge in [0.15, 0.2) is 0 Å². The molecular formula is C15H23Br. The van der Waals surface area contributed by atoms with Crippen LogP contribution in [-0.4, -0.2) is 4.83 Å². The van der Waals surface area contributed by atoms with Gasteiger partial charge < -0.3 is 0 Å². The van der Waals surface area contributed by atoms with Gasteiger partial charge in [-0.2, -0.15) is 0 Å². The molecule has 90 valence electrons. The number of rotatable bonds is 4. The van der Waals surface area contributed by atoms with Crippen molar-refractivity contribution in [3.63, 3.8) is 0 Å². The molecular weight excluding hydrogens is 260 g/mol. The number of hydrogen-bond acceptors (Lipinski definition) is 0. The van der Waals surface area contributed by atoms with Gasteiger partial charge in [0, 0.05) is 4.83 Å². The van der Waals surface area contributed by atoms with Gasteiger partial charge in [0.1, 0.15) is 0 Å². The summed E-state index contributed by atoms with van der Waals surface area (Å²) in [6, 6.07) is 6.76. The van der Waals surface area contributed by atoms with E-state index in [2.05, 4.69) is 68.7 Å². The summed E-state index contributed by atoms with van der Waals surface area (Å²) >= 11 is 3.66. The lowest BCUT2D eigenvalue weighted by Gasteiger charge is -2.27. The van der Waals surface area contributed by atoms with Crippen molar-refractivity contribution in [3.8, 4) is 0 Å². The molecule has 1 rings (SSSR count). The highest BCUT2D eigenvalue weighted by molar-refractivity contribution is 9.09. The SMILES string of the molecule is Cc1ccc(C)c(CC(C)(C)CC(C)Br)c1. The summed E-state index contributed by atoms with van der Waals surface area (Å²) < 4.78 is 0. The molecule has 1 unspecified atom stereocenters. The second-order valence-electron chi connectivity index (χ2n) is 5.76. The van der Waals surface area contributed by atoms with E-state index in [1.165, 1.54) is 23.1 Å². The highest BCUT2D eigenvalue weighted by atomic mass is 79.9. The smallest absolute Gasteiger partial charge is 0.0122 e. The van der Waals surface area contributed by atoms with Crippen molar-refractivity contribution < 1.29 is 0 Å². The first-order valence-electron chi connectivity index (χ1n) is 6.00. The van der Waals surface area contributed by atoms with Gasteiger partial charge in [-0.1, -0.05) is 60.5 Å². The van der Waals surface area contributed by atoms with Crippen molar-refractivity contribution in [1.29, 1.82) is 0 Å². The number of benzene rings is 1. The molecule has 0 aromatic heterocycles. The van der Waals surface area contributed by atoms with E-state index >= 15 is 0 Å². The monoisotopic (exact) mass is 282 g/mol. The predicted molar refractivity (Wildman–Crippen MR) is 76.4 cm³/mol. The summed E-state index contributed by atoms with van der Waals surface area (Å²) in [6.45, 7) is 11.3. The maximum Gasteiger partial charge on any atom is 0.0122 e. The van der Waals surface area contributed by atoms with E-state index in [-0.39, 0.29) is 0 Å². The zero-order chi connectivity index (χ0) is 12.3. The average Bonchev–Trinajstić information content (AvgIpc) is 2.08. The van der Waals surface area contributed by atoms with Gasteiger partial charge in [0.05, 0.1) is 0 Å². The molecule has 0 spiro atoms. The van der Waals surface area contributed by atoms with Crippen molar-refractivity contribution in [1.82, 2.24) is 0 Å². The van der Waals surface area contributed by atoms with E-state index in [9.17, 15) is 0 Å². The fourth-order valence-corrected chi connectivity index (χ4v) is 3.22. The molecule has 0 radical (unpaired) electrons. The highest BCUT2D eigenvalue weighted by Gasteiger charge is 2.21. The molecule has 1 aromatic carbocycles. The lowest BCUT2D eigenvalue weighted by Crippen LogP contribution is -2.19. The normalized spacial score (nSPS) is 13.9. The molecule has 0 aliphatic rings. The van der Waals surface area contributed by atoms with E-state index in [0.717, 1.165) is 6.42 Å². The van der Waals surface area contributed by atoms with Gasteiger partial charge in [-0.3, -0.25) is 0 Å². The van der Waals surface area contributed by atoms with Crippen molar-refractivity contribution in [3.05, 3.63) is 34.9 Å². The first kappa shape index (κ1) is 13.8. The summed E-state index contributed by atoms with van der Waals surface area (Å²) in [5, 5.41) is 0. The predicted octanol–water partition coefficient (Wildman–Crippen LogP) is 5.05. The van der Waals surface area contributed by atoms with Gasteiger partial charge in [0.2, 0.25) is 0 Å². The Balaban J connectivity index is 2.82. The zero-order valence-electron chi connectivity index (χ0n) is 11.1. The minimum Gasteiger partial charge on any atom is -0.0893 e. The van der Waals surface area contributed by atoms with Crippen LogP contribution >= 0.6 is 15.9 Å². The topological polar surface area (TPSA) is 0 Å². The molecule has 0 saturated carbocycles. The Morgan fingerprint density at radius 3 is 2.44 bits per heavy atom. The lowest BCUT2D eigenvalue weighted by atomic mass is 9.80. The molecule has 0 aliphatic heterocycles. The Morgan fingerprint density at radius 1 is 1.25 bits per heavy atom. The summed E-state index contributed by atoms with van der Waals surface area (Å²) in [6.07, 6.45) is 2.37. The van der Waals surface area contributed by atoms with Gasteiger partial charge in [-0.25, -0.2) is 0 Å². The van der Waals surface area contributed by atoms with Crippen LogP contribution in [0.1, 0.15) is 43.9 Å². The van der Waals surface area contributed by atoms with Crippen LogP contribution in [0, 0.1) is 19.3 Å². The first-order chi connectivity index (χ1) is 7.30. The third-order valence-electron chi connectivity index (χ3n) is 3.01. The molecule has 0 amide bonds. The second kappa shape index (κ2) is 5.35. The fraction of sp³-hybridized carbons (Fsp3) is 0.600. The number of halogens is 1. The minimum absolute atomic E-state index is 0.363. The van der Waals surface area contributed by atoms with Crippen LogP contribution in [-0.2, 0) is 6.42 Å². The number of hydrogen-bond donors (Lipinski definition) is 0. The maximum atomic E-state index is 3.66. The van der Waals surface area contributed by atoms with E-state index in [0.29, 0.717) is 10.2 Å². The fourth-order valence-electron chi connectivity index (χ4n) is 2.34. The van der Waals surface area contributed by atoms with Gasteiger partial charge in [-0.15, -0.1) is 0 Å². The maximum absolute atomic E-state index is 3.66. The molecule has 0 heterocycles. The molecule has 0 aliphatic carbocycles. The number of aryl methyl sites for hydroxylation is 2. The summed E-state index contributed by atoms with van der Waals surface area (Å²) in [4.78, 5) is 0.590. The Kier molecular flexibility index (Phi) is 4.61. The molecule has 0 fully saturated rings. The number of alkyl halides is 1. The van der Waals surface area contributed by atoms with Gasteiger partial charge in [0.25, 0.3) is 0 Å². The van der Waals surface area contributed by atoms with Crippen LogP contribution in [0.2, 0.25) is 0 Å². The molecule has 0 nitrogen and oxygen atoms in total. The molecule has 1 atom stereocenters. The Hall–Kier alpha value is -0.300. The van der Waals surface area contributed by atoms with Crippen LogP contribution in [0.25, 0.3) is 0 Å². The van der Waals surface area contributed by atoms with Crippen LogP contribution in [0.3, 0.4) is 0 Å². The highest BCUT2D eigenvalue weighted by Crippen LogP contribution is 2.31. The Morgan fingerprint density at radius 2 is 1.88 bits per heavy atom. The average molecular weight is 283 g/mol. The molecule has 1 heteroatoms. The van der Waals surface area contributed by atoms with Crippen molar-refractivity contribution in [2.45, 2.75) is 52.3 Å². The largest absolute Gasteiger partial charge is 0.0893 e. The third-order valence-corrected chi connectivity index (χ3v) is 3.33. The lowest BCUT2D eigenvalue weighted by molar-refractivity contribution is 0.334. The van der Waals surface area contributed by atoms with E-state index in [1.54, 1.807) is 0 Å². The first-order valence-corrected chi connectivity index (χ1v) is 6.92. The minimum atomic E-state index is 0.363. The molecule has 0 saturated heterocycles. The van der Waals surface area contributed by atoms with Gasteiger partial charge >= 0.3 is 0 Å². The molecule has 0 bridgehead atoms. The summed E-state index contributed by atoms with van der Waals surface area (Å²) in [5.74, 6) is 0. The van der Waals surface area contributed by atoms with Crippen LogP contribution in [0.4, 0.5) is 0 Å².